The summed E-state index contributed by atoms with van der Waals surface area (Å²) in [6.45, 7) is 1.73. The number of rotatable bonds is 7. The molecule has 0 aromatic heterocycles. The molecule has 0 N–H and O–H groups in total. The largest absolute Gasteiger partial charge is 0.462 e. The molecule has 8 heteroatoms. The first-order chi connectivity index (χ1) is 14.4. The Hall–Kier alpha value is -3.19. The van der Waals surface area contributed by atoms with Crippen molar-refractivity contribution in [2.24, 2.45) is 5.92 Å². The molecule has 30 heavy (non-hydrogen) atoms. The maximum atomic E-state index is 12.3. The molecule has 0 radical (unpaired) electrons. The van der Waals surface area contributed by atoms with Crippen LogP contribution in [0.5, 0.6) is 0 Å². The SMILES string of the molecule is CCOC(=O)c1ccc(N2C[C@@H](C(=O)OCC(=O)c3ccc(Cl)cc3)CC2=O)cc1. The van der Waals surface area contributed by atoms with Gasteiger partial charge in [-0.15, -0.1) is 0 Å². The van der Waals surface area contributed by atoms with Crippen LogP contribution in [0.25, 0.3) is 0 Å². The molecule has 1 aliphatic heterocycles. The standard InChI is InChI=1S/C22H20ClNO6/c1-2-29-21(27)15-5-9-18(10-6-15)24-12-16(11-20(24)26)22(28)30-13-19(25)14-3-7-17(23)8-4-14/h3-10,16H,2,11-13H2,1H3/t16-/m0/s1. The fourth-order valence-corrected chi connectivity index (χ4v) is 3.21. The van der Waals surface area contributed by atoms with E-state index >= 15 is 0 Å². The zero-order chi connectivity index (χ0) is 21.7. The molecule has 1 aliphatic rings. The van der Waals surface area contributed by atoms with Crippen LogP contribution in [0.3, 0.4) is 0 Å². The van der Waals surface area contributed by atoms with E-state index in [0.29, 0.717) is 21.8 Å². The number of benzene rings is 2. The first-order valence-electron chi connectivity index (χ1n) is 9.42. The zero-order valence-corrected chi connectivity index (χ0v) is 17.1. The highest BCUT2D eigenvalue weighted by Gasteiger charge is 2.36. The molecule has 1 amide bonds. The van der Waals surface area contributed by atoms with E-state index < -0.39 is 24.5 Å². The van der Waals surface area contributed by atoms with E-state index in [0.717, 1.165) is 0 Å². The van der Waals surface area contributed by atoms with Crippen molar-refractivity contribution in [1.82, 2.24) is 0 Å². The minimum Gasteiger partial charge on any atom is -0.462 e. The Morgan fingerprint density at radius 2 is 1.63 bits per heavy atom. The van der Waals surface area contributed by atoms with Gasteiger partial charge in [-0.25, -0.2) is 4.79 Å². The van der Waals surface area contributed by atoms with Crippen molar-refractivity contribution in [3.63, 3.8) is 0 Å². The predicted molar refractivity (Wildman–Crippen MR) is 110 cm³/mol. The van der Waals surface area contributed by atoms with E-state index in [2.05, 4.69) is 0 Å². The van der Waals surface area contributed by atoms with Crippen LogP contribution in [0, 0.1) is 5.92 Å². The Bertz CT molecular complexity index is 955. The number of esters is 2. The second kappa shape index (κ2) is 9.54. The van der Waals surface area contributed by atoms with E-state index in [9.17, 15) is 19.2 Å². The number of hydrogen-bond acceptors (Lipinski definition) is 6. The number of carbonyl (C=O) groups excluding carboxylic acids is 4. The van der Waals surface area contributed by atoms with Gasteiger partial charge >= 0.3 is 11.9 Å². The second-order valence-corrected chi connectivity index (χ2v) is 7.15. The Morgan fingerprint density at radius 3 is 2.27 bits per heavy atom. The van der Waals surface area contributed by atoms with Crippen molar-refractivity contribution in [2.75, 3.05) is 24.7 Å². The fourth-order valence-electron chi connectivity index (χ4n) is 3.08. The van der Waals surface area contributed by atoms with Crippen LogP contribution in [0.15, 0.2) is 48.5 Å². The summed E-state index contributed by atoms with van der Waals surface area (Å²) in [4.78, 5) is 50.0. The Balaban J connectivity index is 1.57. The maximum Gasteiger partial charge on any atom is 0.338 e. The van der Waals surface area contributed by atoms with Crippen molar-refractivity contribution in [3.8, 4) is 0 Å². The third kappa shape index (κ3) is 5.04. The maximum absolute atomic E-state index is 12.3. The lowest BCUT2D eigenvalue weighted by atomic mass is 10.1. The summed E-state index contributed by atoms with van der Waals surface area (Å²) in [5.41, 5.74) is 1.34. The van der Waals surface area contributed by atoms with Gasteiger partial charge in [0.2, 0.25) is 5.91 Å². The van der Waals surface area contributed by atoms with Crippen molar-refractivity contribution >= 4 is 40.9 Å². The minimum absolute atomic E-state index is 0.00635. The van der Waals surface area contributed by atoms with Crippen LogP contribution in [0.2, 0.25) is 5.02 Å². The van der Waals surface area contributed by atoms with Crippen LogP contribution in [0.1, 0.15) is 34.1 Å². The summed E-state index contributed by atoms with van der Waals surface area (Å²) < 4.78 is 10.1. The summed E-state index contributed by atoms with van der Waals surface area (Å²) in [7, 11) is 0. The average molecular weight is 430 g/mol. The van der Waals surface area contributed by atoms with Gasteiger partial charge in [0.1, 0.15) is 0 Å². The van der Waals surface area contributed by atoms with Gasteiger partial charge in [-0.2, -0.15) is 0 Å². The highest BCUT2D eigenvalue weighted by atomic mass is 35.5. The number of ketones is 1. The fraction of sp³-hybridized carbons (Fsp3) is 0.273. The normalized spacial score (nSPS) is 15.7. The molecule has 1 fully saturated rings. The highest BCUT2D eigenvalue weighted by molar-refractivity contribution is 6.30. The summed E-state index contributed by atoms with van der Waals surface area (Å²) >= 11 is 5.79. The molecular weight excluding hydrogens is 410 g/mol. The van der Waals surface area contributed by atoms with Gasteiger partial charge in [0.05, 0.1) is 18.1 Å². The van der Waals surface area contributed by atoms with Crippen LogP contribution in [-0.4, -0.2) is 43.4 Å². The average Bonchev–Trinajstić information content (AvgIpc) is 3.14. The number of anilines is 1. The lowest BCUT2D eigenvalue weighted by Gasteiger charge is -2.17. The van der Waals surface area contributed by atoms with Crippen molar-refractivity contribution in [3.05, 3.63) is 64.7 Å². The van der Waals surface area contributed by atoms with Crippen molar-refractivity contribution in [2.45, 2.75) is 13.3 Å². The van der Waals surface area contributed by atoms with Gasteiger partial charge < -0.3 is 14.4 Å². The first-order valence-corrected chi connectivity index (χ1v) is 9.79. The first kappa shape index (κ1) is 21.5. The van der Waals surface area contributed by atoms with Gasteiger partial charge in [-0.05, 0) is 55.5 Å². The smallest absolute Gasteiger partial charge is 0.338 e. The molecule has 1 atom stereocenters. The third-order valence-electron chi connectivity index (χ3n) is 4.66. The Labute approximate surface area is 178 Å². The van der Waals surface area contributed by atoms with Gasteiger partial charge in [0.15, 0.2) is 12.4 Å². The summed E-state index contributed by atoms with van der Waals surface area (Å²) in [5, 5.41) is 0.503. The molecule has 0 saturated carbocycles. The molecule has 0 spiro atoms. The molecule has 1 heterocycles. The lowest BCUT2D eigenvalue weighted by Crippen LogP contribution is -2.27. The molecular formula is C22H20ClNO6. The summed E-state index contributed by atoms with van der Waals surface area (Å²) in [6.07, 6.45) is -0.00635. The Morgan fingerprint density at radius 1 is 1.00 bits per heavy atom. The molecule has 7 nitrogen and oxygen atoms in total. The quantitative estimate of drug-likeness (QED) is 0.495. The summed E-state index contributed by atoms with van der Waals surface area (Å²) in [6, 6.07) is 12.7. The van der Waals surface area contributed by atoms with Crippen molar-refractivity contribution < 1.29 is 28.7 Å². The highest BCUT2D eigenvalue weighted by Crippen LogP contribution is 2.26. The van der Waals surface area contributed by atoms with Crippen LogP contribution in [0.4, 0.5) is 5.69 Å². The lowest BCUT2D eigenvalue weighted by molar-refractivity contribution is -0.147. The number of Topliss-reactive ketones (excluding diaryl/α,β-unsaturated/α-hetero) is 1. The molecule has 3 rings (SSSR count). The number of halogens is 1. The minimum atomic E-state index is -0.666. The number of ether oxygens (including phenoxy) is 2. The van der Waals surface area contributed by atoms with Crippen LogP contribution in [-0.2, 0) is 19.1 Å². The number of carbonyl (C=O) groups is 4. The molecule has 1 saturated heterocycles. The molecule has 2 aromatic rings. The number of hydrogen-bond donors (Lipinski definition) is 0. The third-order valence-corrected chi connectivity index (χ3v) is 4.91. The number of amides is 1. The second-order valence-electron chi connectivity index (χ2n) is 6.71. The monoisotopic (exact) mass is 429 g/mol. The van der Waals surface area contributed by atoms with Gasteiger partial charge in [-0.1, -0.05) is 11.6 Å². The molecule has 2 aromatic carbocycles. The topological polar surface area (TPSA) is 90.0 Å². The Kier molecular flexibility index (Phi) is 6.84. The molecule has 0 unspecified atom stereocenters. The van der Waals surface area contributed by atoms with Crippen LogP contribution < -0.4 is 4.90 Å². The molecule has 0 bridgehead atoms. The number of nitrogens with zero attached hydrogens (tertiary/aromatic N) is 1. The molecule has 156 valence electrons. The van der Waals surface area contributed by atoms with Crippen molar-refractivity contribution in [1.29, 1.82) is 0 Å². The zero-order valence-electron chi connectivity index (χ0n) is 16.3. The summed E-state index contributed by atoms with van der Waals surface area (Å²) in [5.74, 6) is -2.29. The van der Waals surface area contributed by atoms with E-state index in [-0.39, 0.29) is 31.3 Å². The van der Waals surface area contributed by atoms with Crippen LogP contribution >= 0.6 is 11.6 Å². The van der Waals surface area contributed by atoms with Gasteiger partial charge in [-0.3, -0.25) is 14.4 Å². The molecule has 0 aliphatic carbocycles. The predicted octanol–water partition coefficient (Wildman–Crippen LogP) is 3.30. The van der Waals surface area contributed by atoms with Gasteiger partial charge in [0, 0.05) is 29.2 Å². The van der Waals surface area contributed by atoms with Gasteiger partial charge in [0.25, 0.3) is 0 Å². The van der Waals surface area contributed by atoms with E-state index in [4.69, 9.17) is 21.1 Å². The van der Waals surface area contributed by atoms with E-state index in [1.807, 2.05) is 0 Å². The van der Waals surface area contributed by atoms with E-state index in [1.165, 1.54) is 4.90 Å². The van der Waals surface area contributed by atoms with E-state index in [1.54, 1.807) is 55.5 Å².